The molecule has 0 unspecified atom stereocenters. The molecule has 1 atom stereocenters. The monoisotopic (exact) mass is 303 g/mol. The number of carbonyl (C=O) groups is 1. The van der Waals surface area contributed by atoms with Gasteiger partial charge in [0.2, 0.25) is 5.91 Å². The Morgan fingerprint density at radius 3 is 3.27 bits per heavy atom. The third kappa shape index (κ3) is 3.04. The van der Waals surface area contributed by atoms with Crippen LogP contribution in [0.3, 0.4) is 0 Å². The summed E-state index contributed by atoms with van der Waals surface area (Å²) >= 11 is 0. The van der Waals surface area contributed by atoms with Crippen molar-refractivity contribution in [1.29, 1.82) is 0 Å². The van der Waals surface area contributed by atoms with Gasteiger partial charge in [0, 0.05) is 32.4 Å². The number of hydrogen-bond donors (Lipinski definition) is 3. The van der Waals surface area contributed by atoms with E-state index in [0.717, 1.165) is 36.2 Å². The summed E-state index contributed by atoms with van der Waals surface area (Å²) in [6, 6.07) is 1.97. The van der Waals surface area contributed by atoms with Gasteiger partial charge in [-0.25, -0.2) is 9.97 Å². The summed E-state index contributed by atoms with van der Waals surface area (Å²) < 4.78 is 0. The molecule has 0 radical (unpaired) electrons. The van der Waals surface area contributed by atoms with Gasteiger partial charge in [-0.15, -0.1) is 0 Å². The van der Waals surface area contributed by atoms with Gasteiger partial charge in [0.15, 0.2) is 0 Å². The molecule has 7 heteroatoms. The zero-order valence-electron chi connectivity index (χ0n) is 12.5. The van der Waals surface area contributed by atoms with Gasteiger partial charge in [-0.05, 0) is 25.3 Å². The maximum absolute atomic E-state index is 12.2. The topological polar surface area (TPSA) is 94.1 Å². The molecule has 1 aliphatic heterocycles. The molecule has 0 bridgehead atoms. The minimum atomic E-state index is -0.0311. The number of aliphatic hydroxyl groups is 1. The van der Waals surface area contributed by atoms with Crippen LogP contribution in [-0.2, 0) is 4.79 Å². The van der Waals surface area contributed by atoms with Gasteiger partial charge in [-0.2, -0.15) is 0 Å². The Balaban J connectivity index is 1.70. The number of carbonyl (C=O) groups excluding carboxylic acids is 1. The molecule has 0 spiro atoms. The number of rotatable bonds is 5. The SMILES string of the molecule is O=C(NCCCO)[C@@H]1CCCN(c2ncnc3[nH]ccc23)C1. The van der Waals surface area contributed by atoms with E-state index in [2.05, 4.69) is 25.2 Å². The molecule has 1 saturated heterocycles. The van der Waals surface area contributed by atoms with Crippen molar-refractivity contribution < 1.29 is 9.90 Å². The first-order valence-corrected chi connectivity index (χ1v) is 7.71. The number of fused-ring (bicyclic) bond motifs is 1. The van der Waals surface area contributed by atoms with Crippen LogP contribution in [0.2, 0.25) is 0 Å². The van der Waals surface area contributed by atoms with Gasteiger partial charge in [0.05, 0.1) is 11.3 Å². The lowest BCUT2D eigenvalue weighted by Gasteiger charge is -2.33. The second-order valence-electron chi connectivity index (χ2n) is 5.59. The number of aromatic amines is 1. The number of H-pyrrole nitrogens is 1. The second kappa shape index (κ2) is 6.74. The number of nitrogens with zero attached hydrogens (tertiary/aromatic N) is 3. The molecule has 0 saturated carbocycles. The molecular formula is C15H21N5O2. The van der Waals surface area contributed by atoms with Crippen LogP contribution in [-0.4, -0.2) is 52.2 Å². The average molecular weight is 303 g/mol. The molecule has 3 N–H and O–H groups in total. The van der Waals surface area contributed by atoms with Crippen LogP contribution in [0.5, 0.6) is 0 Å². The Bertz CT molecular complexity index is 642. The lowest BCUT2D eigenvalue weighted by Crippen LogP contribution is -2.43. The number of piperidine rings is 1. The Labute approximate surface area is 128 Å². The highest BCUT2D eigenvalue weighted by atomic mass is 16.3. The molecule has 22 heavy (non-hydrogen) atoms. The first kappa shape index (κ1) is 14.8. The Morgan fingerprint density at radius 2 is 2.41 bits per heavy atom. The van der Waals surface area contributed by atoms with Crippen LogP contribution < -0.4 is 10.2 Å². The summed E-state index contributed by atoms with van der Waals surface area (Å²) in [5, 5.41) is 12.7. The van der Waals surface area contributed by atoms with Crippen LogP contribution in [0.4, 0.5) is 5.82 Å². The van der Waals surface area contributed by atoms with Crippen LogP contribution in [0.25, 0.3) is 11.0 Å². The fourth-order valence-corrected chi connectivity index (χ4v) is 2.93. The second-order valence-corrected chi connectivity index (χ2v) is 5.59. The predicted octanol–water partition coefficient (Wildman–Crippen LogP) is 0.673. The summed E-state index contributed by atoms with van der Waals surface area (Å²) in [5.74, 6) is 0.924. The molecule has 118 valence electrons. The fraction of sp³-hybridized carbons (Fsp3) is 0.533. The number of nitrogens with one attached hydrogen (secondary N) is 2. The molecule has 0 aliphatic carbocycles. The van der Waals surface area contributed by atoms with Gasteiger partial charge in [-0.1, -0.05) is 0 Å². The van der Waals surface area contributed by atoms with Gasteiger partial charge in [0.1, 0.15) is 17.8 Å². The molecule has 1 aliphatic rings. The van der Waals surface area contributed by atoms with E-state index in [9.17, 15) is 4.79 Å². The number of amides is 1. The van der Waals surface area contributed by atoms with E-state index >= 15 is 0 Å². The molecule has 7 nitrogen and oxygen atoms in total. The smallest absolute Gasteiger partial charge is 0.224 e. The number of hydrogen-bond acceptors (Lipinski definition) is 5. The minimum absolute atomic E-state index is 0.0311. The first-order chi connectivity index (χ1) is 10.8. The lowest BCUT2D eigenvalue weighted by atomic mass is 9.97. The molecule has 3 heterocycles. The standard InChI is InChI=1S/C15H21N5O2/c21-8-2-5-17-15(22)11-3-1-7-20(9-11)14-12-4-6-16-13(12)18-10-19-14/h4,6,10-11,21H,1-3,5,7-9H2,(H,17,22)(H,16,18,19)/t11-/m1/s1. The average Bonchev–Trinajstić information content (AvgIpc) is 3.03. The highest BCUT2D eigenvalue weighted by molar-refractivity contribution is 5.88. The van der Waals surface area contributed by atoms with Crippen molar-refractivity contribution in [2.24, 2.45) is 5.92 Å². The van der Waals surface area contributed by atoms with Crippen molar-refractivity contribution in [3.05, 3.63) is 18.6 Å². The zero-order chi connectivity index (χ0) is 15.4. The highest BCUT2D eigenvalue weighted by Crippen LogP contribution is 2.26. The Kier molecular flexibility index (Phi) is 4.53. The number of aliphatic hydroxyl groups excluding tert-OH is 1. The third-order valence-electron chi connectivity index (χ3n) is 4.06. The maximum Gasteiger partial charge on any atom is 0.224 e. The summed E-state index contributed by atoms with van der Waals surface area (Å²) in [6.45, 7) is 2.20. The van der Waals surface area contributed by atoms with E-state index in [-0.39, 0.29) is 18.4 Å². The molecule has 1 amide bonds. The highest BCUT2D eigenvalue weighted by Gasteiger charge is 2.27. The molecule has 2 aromatic rings. The maximum atomic E-state index is 12.2. The van der Waals surface area contributed by atoms with Gasteiger partial charge in [0.25, 0.3) is 0 Å². The zero-order valence-corrected chi connectivity index (χ0v) is 12.5. The van der Waals surface area contributed by atoms with Crippen molar-refractivity contribution in [1.82, 2.24) is 20.3 Å². The number of aromatic nitrogens is 3. The van der Waals surface area contributed by atoms with Crippen molar-refractivity contribution in [3.8, 4) is 0 Å². The van der Waals surface area contributed by atoms with E-state index in [1.165, 1.54) is 0 Å². The van der Waals surface area contributed by atoms with Gasteiger partial charge >= 0.3 is 0 Å². The fourth-order valence-electron chi connectivity index (χ4n) is 2.93. The Morgan fingerprint density at radius 1 is 1.50 bits per heavy atom. The van der Waals surface area contributed by atoms with Crippen LogP contribution >= 0.6 is 0 Å². The molecule has 3 rings (SSSR count). The summed E-state index contributed by atoms with van der Waals surface area (Å²) in [4.78, 5) is 26.1. The predicted molar refractivity (Wildman–Crippen MR) is 83.5 cm³/mol. The van der Waals surface area contributed by atoms with E-state index < -0.39 is 0 Å². The van der Waals surface area contributed by atoms with Crippen molar-refractivity contribution >= 4 is 22.8 Å². The lowest BCUT2D eigenvalue weighted by molar-refractivity contribution is -0.125. The van der Waals surface area contributed by atoms with Gasteiger partial charge in [-0.3, -0.25) is 4.79 Å². The third-order valence-corrected chi connectivity index (χ3v) is 4.06. The Hall–Kier alpha value is -2.15. The molecule has 2 aromatic heterocycles. The quantitative estimate of drug-likeness (QED) is 0.706. The summed E-state index contributed by atoms with van der Waals surface area (Å²) in [5.41, 5.74) is 0.819. The van der Waals surface area contributed by atoms with E-state index in [1.807, 2.05) is 12.3 Å². The summed E-state index contributed by atoms with van der Waals surface area (Å²) in [6.07, 6.45) is 5.86. The van der Waals surface area contributed by atoms with Crippen LogP contribution in [0.15, 0.2) is 18.6 Å². The summed E-state index contributed by atoms with van der Waals surface area (Å²) in [7, 11) is 0. The van der Waals surface area contributed by atoms with Crippen LogP contribution in [0.1, 0.15) is 19.3 Å². The van der Waals surface area contributed by atoms with Gasteiger partial charge < -0.3 is 20.3 Å². The molecular weight excluding hydrogens is 282 g/mol. The molecule has 1 fully saturated rings. The number of anilines is 1. The minimum Gasteiger partial charge on any atom is -0.396 e. The van der Waals surface area contributed by atoms with Crippen molar-refractivity contribution in [3.63, 3.8) is 0 Å². The van der Waals surface area contributed by atoms with Crippen molar-refractivity contribution in [2.45, 2.75) is 19.3 Å². The molecule has 0 aromatic carbocycles. The van der Waals surface area contributed by atoms with E-state index in [1.54, 1.807) is 6.33 Å². The van der Waals surface area contributed by atoms with Crippen LogP contribution in [0, 0.1) is 5.92 Å². The first-order valence-electron chi connectivity index (χ1n) is 7.71. The van der Waals surface area contributed by atoms with E-state index in [4.69, 9.17) is 5.11 Å². The van der Waals surface area contributed by atoms with Crippen molar-refractivity contribution in [2.75, 3.05) is 31.1 Å². The largest absolute Gasteiger partial charge is 0.396 e. The van der Waals surface area contributed by atoms with E-state index in [0.29, 0.717) is 19.5 Å². The normalized spacial score (nSPS) is 18.6.